The van der Waals surface area contributed by atoms with Crippen LogP contribution in [0, 0.1) is 0 Å². The number of hydrogen-bond acceptors (Lipinski definition) is 12. The van der Waals surface area contributed by atoms with Crippen LogP contribution < -0.4 is 0 Å². The highest BCUT2D eigenvalue weighted by molar-refractivity contribution is 6.16. The number of ether oxygens (including phenoxy) is 3. The van der Waals surface area contributed by atoms with E-state index in [2.05, 4.69) is 0 Å². The van der Waals surface area contributed by atoms with Gasteiger partial charge in [-0.05, 0) is 29.3 Å². The van der Waals surface area contributed by atoms with Gasteiger partial charge in [-0.1, -0.05) is 6.07 Å². The van der Waals surface area contributed by atoms with Crippen molar-refractivity contribution in [1.29, 1.82) is 0 Å². The number of benzene rings is 2. The van der Waals surface area contributed by atoms with Crippen molar-refractivity contribution in [3.63, 3.8) is 0 Å². The van der Waals surface area contributed by atoms with Gasteiger partial charge in [-0.15, -0.1) is 0 Å². The Labute approximate surface area is 210 Å². The van der Waals surface area contributed by atoms with Gasteiger partial charge in [0.05, 0.1) is 17.7 Å². The van der Waals surface area contributed by atoms with Gasteiger partial charge in [0.25, 0.3) is 0 Å². The van der Waals surface area contributed by atoms with E-state index in [0.717, 1.165) is 32.0 Å². The van der Waals surface area contributed by atoms with E-state index in [1.54, 1.807) is 0 Å². The molecule has 0 radical (unpaired) electrons. The lowest BCUT2D eigenvalue weighted by molar-refractivity contribution is -0.242. The van der Waals surface area contributed by atoms with Gasteiger partial charge in [0.1, 0.15) is 48.3 Å². The summed E-state index contributed by atoms with van der Waals surface area (Å²) < 4.78 is 16.3. The van der Waals surface area contributed by atoms with E-state index in [9.17, 15) is 45.0 Å². The standard InChI is InChI=1S/C25H26O12/c1-9(27)35-8-16-21(32)23(34)25(36-10(2)28)24(37-16)18-12-5-11(7-26)6-15(31)17(12)22(33)20-14(30)4-3-13(29)19(18)20/h3-6,16,18,21,23-26,29-32,34H,7-8H2,1-2H3/t16-,18-,21-,23+,24+,25-/m1/s1. The third kappa shape index (κ3) is 4.60. The molecule has 2 aromatic rings. The summed E-state index contributed by atoms with van der Waals surface area (Å²) in [6.07, 6.45) is -7.76. The van der Waals surface area contributed by atoms with E-state index in [1.807, 2.05) is 0 Å². The first-order valence-electron chi connectivity index (χ1n) is 11.3. The summed E-state index contributed by atoms with van der Waals surface area (Å²) in [7, 11) is 0. The van der Waals surface area contributed by atoms with E-state index in [-0.39, 0.29) is 27.8 Å². The van der Waals surface area contributed by atoms with Gasteiger partial charge < -0.3 is 44.8 Å². The second-order valence-corrected chi connectivity index (χ2v) is 8.93. The largest absolute Gasteiger partial charge is 0.508 e. The highest BCUT2D eigenvalue weighted by atomic mass is 16.6. The lowest BCUT2D eigenvalue weighted by Crippen LogP contribution is -2.61. The van der Waals surface area contributed by atoms with Gasteiger partial charge in [0, 0.05) is 25.3 Å². The van der Waals surface area contributed by atoms with Crippen molar-refractivity contribution in [2.45, 2.75) is 56.9 Å². The molecule has 1 heterocycles. The SMILES string of the molecule is CC(=O)OC[C@H]1O[C@@H]([C@@H]2c3cc(CO)cc(O)c3C(=O)c3c(O)ccc(O)c32)[C@H](OC(C)=O)[C@@H](O)[C@@H]1O. The van der Waals surface area contributed by atoms with Crippen molar-refractivity contribution in [3.05, 3.63) is 52.1 Å². The number of aliphatic hydroxyl groups is 3. The molecule has 12 heteroatoms. The Morgan fingerprint density at radius 3 is 2.24 bits per heavy atom. The second kappa shape index (κ2) is 9.98. The Kier molecular flexibility index (Phi) is 7.11. The van der Waals surface area contributed by atoms with Crippen molar-refractivity contribution >= 4 is 17.7 Å². The molecule has 1 aliphatic heterocycles. The zero-order chi connectivity index (χ0) is 27.2. The normalized spacial score (nSPS) is 26.7. The first kappa shape index (κ1) is 26.4. The summed E-state index contributed by atoms with van der Waals surface area (Å²) in [5.74, 6) is -5.14. The van der Waals surface area contributed by atoms with Gasteiger partial charge >= 0.3 is 11.9 Å². The molecule has 6 atom stereocenters. The number of hydrogen-bond donors (Lipinski definition) is 6. The van der Waals surface area contributed by atoms with E-state index in [0.29, 0.717) is 0 Å². The van der Waals surface area contributed by atoms with E-state index >= 15 is 0 Å². The topological polar surface area (TPSA) is 200 Å². The number of phenols is 3. The molecule has 37 heavy (non-hydrogen) atoms. The highest BCUT2D eigenvalue weighted by Crippen LogP contribution is 2.50. The molecule has 2 aliphatic rings. The molecule has 1 aliphatic carbocycles. The molecule has 1 fully saturated rings. The molecule has 0 amide bonds. The quantitative estimate of drug-likeness (QED) is 0.228. The lowest BCUT2D eigenvalue weighted by Gasteiger charge is -2.46. The average molecular weight is 518 g/mol. The number of phenolic OH excluding ortho intramolecular Hbond substituents is 3. The minimum Gasteiger partial charge on any atom is -0.508 e. The molecule has 1 saturated heterocycles. The van der Waals surface area contributed by atoms with Gasteiger partial charge in [-0.25, -0.2) is 0 Å². The molecule has 198 valence electrons. The van der Waals surface area contributed by atoms with Gasteiger partial charge in [-0.2, -0.15) is 0 Å². The Bertz CT molecular complexity index is 1250. The van der Waals surface area contributed by atoms with Crippen LogP contribution in [0.3, 0.4) is 0 Å². The molecular weight excluding hydrogens is 492 g/mol. The van der Waals surface area contributed by atoms with Crippen molar-refractivity contribution in [1.82, 2.24) is 0 Å². The Morgan fingerprint density at radius 1 is 0.946 bits per heavy atom. The first-order valence-corrected chi connectivity index (χ1v) is 11.3. The van der Waals surface area contributed by atoms with Crippen LogP contribution >= 0.6 is 0 Å². The Balaban J connectivity index is 1.97. The molecule has 12 nitrogen and oxygen atoms in total. The van der Waals surface area contributed by atoms with Crippen LogP contribution in [0.4, 0.5) is 0 Å². The summed E-state index contributed by atoms with van der Waals surface area (Å²) in [5, 5.41) is 63.4. The van der Waals surface area contributed by atoms with Crippen LogP contribution in [-0.2, 0) is 30.4 Å². The van der Waals surface area contributed by atoms with Crippen LogP contribution in [0.15, 0.2) is 24.3 Å². The first-order chi connectivity index (χ1) is 17.5. The predicted octanol–water partition coefficient (Wildman–Crippen LogP) is -0.0440. The van der Waals surface area contributed by atoms with Crippen molar-refractivity contribution in [2.24, 2.45) is 0 Å². The predicted molar refractivity (Wildman–Crippen MR) is 122 cm³/mol. The minimum atomic E-state index is -1.76. The maximum Gasteiger partial charge on any atom is 0.303 e. The number of aromatic hydroxyl groups is 3. The second-order valence-electron chi connectivity index (χ2n) is 8.93. The summed E-state index contributed by atoms with van der Waals surface area (Å²) in [6, 6.07) is 4.74. The molecule has 2 aromatic carbocycles. The zero-order valence-corrected chi connectivity index (χ0v) is 19.8. The summed E-state index contributed by atoms with van der Waals surface area (Å²) >= 11 is 0. The molecule has 0 saturated carbocycles. The Morgan fingerprint density at radius 2 is 1.62 bits per heavy atom. The van der Waals surface area contributed by atoms with E-state index in [4.69, 9.17) is 14.2 Å². The number of carbonyl (C=O) groups excluding carboxylic acids is 3. The average Bonchev–Trinajstić information content (AvgIpc) is 2.83. The fourth-order valence-corrected chi connectivity index (χ4v) is 4.97. The minimum absolute atomic E-state index is 0.0411. The van der Waals surface area contributed by atoms with E-state index < -0.39 is 84.6 Å². The summed E-state index contributed by atoms with van der Waals surface area (Å²) in [4.78, 5) is 36.7. The number of rotatable bonds is 5. The maximum absolute atomic E-state index is 13.4. The number of fused-ring (bicyclic) bond motifs is 2. The summed E-state index contributed by atoms with van der Waals surface area (Å²) in [5.41, 5.74) is -0.540. The number of ketones is 1. The van der Waals surface area contributed by atoms with Crippen molar-refractivity contribution < 1.29 is 59.2 Å². The van der Waals surface area contributed by atoms with Gasteiger partial charge in [0.15, 0.2) is 6.10 Å². The summed E-state index contributed by atoms with van der Waals surface area (Å²) in [6.45, 7) is 1.17. The smallest absolute Gasteiger partial charge is 0.303 e. The van der Waals surface area contributed by atoms with Crippen LogP contribution in [-0.4, -0.2) is 85.5 Å². The number of carbonyl (C=O) groups is 3. The molecule has 0 aromatic heterocycles. The molecule has 6 N–H and O–H groups in total. The van der Waals surface area contributed by atoms with Crippen molar-refractivity contribution in [3.8, 4) is 17.2 Å². The molecule has 0 unspecified atom stereocenters. The van der Waals surface area contributed by atoms with Crippen LogP contribution in [0.1, 0.15) is 52.4 Å². The molecule has 4 rings (SSSR count). The molecule has 0 spiro atoms. The Hall–Kier alpha value is -3.71. The molecule has 0 bridgehead atoms. The highest BCUT2D eigenvalue weighted by Gasteiger charge is 2.53. The third-order valence-corrected chi connectivity index (χ3v) is 6.50. The maximum atomic E-state index is 13.4. The fraction of sp³-hybridized carbons (Fsp3) is 0.400. The van der Waals surface area contributed by atoms with E-state index in [1.165, 1.54) is 6.07 Å². The monoisotopic (exact) mass is 518 g/mol. The molecular formula is C25H26O12. The number of aliphatic hydroxyl groups excluding tert-OH is 3. The lowest BCUT2D eigenvalue weighted by atomic mass is 9.71. The van der Waals surface area contributed by atoms with Crippen LogP contribution in [0.25, 0.3) is 0 Å². The zero-order valence-electron chi connectivity index (χ0n) is 19.8. The van der Waals surface area contributed by atoms with Crippen LogP contribution in [0.5, 0.6) is 17.2 Å². The van der Waals surface area contributed by atoms with Gasteiger partial charge in [0.2, 0.25) is 5.78 Å². The number of esters is 2. The third-order valence-electron chi connectivity index (χ3n) is 6.50. The van der Waals surface area contributed by atoms with Gasteiger partial charge in [-0.3, -0.25) is 14.4 Å². The van der Waals surface area contributed by atoms with Crippen molar-refractivity contribution in [2.75, 3.05) is 6.61 Å². The fourth-order valence-electron chi connectivity index (χ4n) is 4.97. The van der Waals surface area contributed by atoms with Crippen LogP contribution in [0.2, 0.25) is 0 Å².